The number of alkyl halides is 3. The van der Waals surface area contributed by atoms with Gasteiger partial charge >= 0.3 is 6.18 Å². The first kappa shape index (κ1) is 14.2. The zero-order chi connectivity index (χ0) is 14.8. The molecule has 2 N–H and O–H groups in total. The van der Waals surface area contributed by atoms with Gasteiger partial charge in [-0.2, -0.15) is 18.4 Å². The van der Waals surface area contributed by atoms with Gasteiger partial charge in [-0.3, -0.25) is 4.79 Å². The number of rotatable bonds is 3. The molecule has 20 heavy (non-hydrogen) atoms. The molecule has 0 spiro atoms. The Morgan fingerprint density at radius 2 is 2.20 bits per heavy atom. The molecule has 1 saturated heterocycles. The second kappa shape index (κ2) is 5.41. The largest absolute Gasteiger partial charge is 0.417 e. The fourth-order valence-corrected chi connectivity index (χ4v) is 2.06. The monoisotopic (exact) mass is 283 g/mol. The molecule has 4 nitrogen and oxygen atoms in total. The number of hydrogen-bond donors (Lipinski definition) is 2. The Kier molecular flexibility index (Phi) is 3.84. The number of benzene rings is 1. The van der Waals surface area contributed by atoms with Crippen molar-refractivity contribution >= 4 is 11.6 Å². The molecule has 1 aliphatic rings. The van der Waals surface area contributed by atoms with Crippen LogP contribution in [0.4, 0.5) is 18.9 Å². The van der Waals surface area contributed by atoms with Crippen LogP contribution in [-0.4, -0.2) is 18.5 Å². The van der Waals surface area contributed by atoms with E-state index < -0.39 is 17.3 Å². The second-order valence-corrected chi connectivity index (χ2v) is 4.55. The summed E-state index contributed by atoms with van der Waals surface area (Å²) in [6.45, 7) is 0.356. The highest BCUT2D eigenvalue weighted by Crippen LogP contribution is 2.33. The first-order chi connectivity index (χ1) is 9.40. The van der Waals surface area contributed by atoms with Crippen molar-refractivity contribution in [2.75, 3.05) is 11.9 Å². The Hall–Kier alpha value is -2.23. The summed E-state index contributed by atoms with van der Waals surface area (Å²) in [4.78, 5) is 11.0. The molecule has 1 amide bonds. The van der Waals surface area contributed by atoms with E-state index in [0.29, 0.717) is 19.4 Å². The van der Waals surface area contributed by atoms with Gasteiger partial charge in [0.05, 0.1) is 17.2 Å². The number of halogens is 3. The lowest BCUT2D eigenvalue weighted by Crippen LogP contribution is -2.31. The maximum Gasteiger partial charge on any atom is 0.417 e. The van der Waals surface area contributed by atoms with E-state index in [9.17, 15) is 18.0 Å². The fourth-order valence-electron chi connectivity index (χ4n) is 2.06. The molecule has 7 heteroatoms. The van der Waals surface area contributed by atoms with Gasteiger partial charge in [0.15, 0.2) is 0 Å². The van der Waals surface area contributed by atoms with E-state index in [2.05, 4.69) is 10.6 Å². The Morgan fingerprint density at radius 1 is 1.45 bits per heavy atom. The maximum absolute atomic E-state index is 12.8. The van der Waals surface area contributed by atoms with Gasteiger partial charge in [-0.1, -0.05) is 0 Å². The number of nitrogens with one attached hydrogen (secondary N) is 2. The van der Waals surface area contributed by atoms with Crippen molar-refractivity contribution in [1.29, 1.82) is 5.26 Å². The Morgan fingerprint density at radius 3 is 2.75 bits per heavy atom. The first-order valence-corrected chi connectivity index (χ1v) is 6.04. The molecule has 106 valence electrons. The second-order valence-electron chi connectivity index (χ2n) is 4.55. The molecule has 0 aromatic heterocycles. The van der Waals surface area contributed by atoms with Crippen LogP contribution in [0.1, 0.15) is 24.0 Å². The third kappa shape index (κ3) is 3.20. The van der Waals surface area contributed by atoms with Gasteiger partial charge in [-0.05, 0) is 24.6 Å². The normalized spacial score (nSPS) is 18.5. The molecule has 1 atom stereocenters. The van der Waals surface area contributed by atoms with E-state index in [0.717, 1.165) is 12.1 Å². The molecular formula is C13H12F3N3O. The lowest BCUT2D eigenvalue weighted by atomic mass is 10.1. The zero-order valence-electron chi connectivity index (χ0n) is 10.4. The average molecular weight is 283 g/mol. The van der Waals surface area contributed by atoms with Crippen molar-refractivity contribution in [3.8, 4) is 6.07 Å². The summed E-state index contributed by atoms with van der Waals surface area (Å²) in [6, 6.07) is 4.92. The van der Waals surface area contributed by atoms with Crippen LogP contribution in [-0.2, 0) is 11.0 Å². The number of amides is 1. The summed E-state index contributed by atoms with van der Waals surface area (Å²) in [5.41, 5.74) is -1.09. The predicted octanol–water partition coefficient (Wildman–Crippen LogP) is 2.27. The highest BCUT2D eigenvalue weighted by Gasteiger charge is 2.33. The molecule has 1 heterocycles. The SMILES string of the molecule is N#Cc1ccc(NCC2CCC(=O)N2)cc1C(F)(F)F. The third-order valence-electron chi connectivity index (χ3n) is 3.08. The van der Waals surface area contributed by atoms with Crippen molar-refractivity contribution in [3.63, 3.8) is 0 Å². The quantitative estimate of drug-likeness (QED) is 0.894. The summed E-state index contributed by atoms with van der Waals surface area (Å²) in [5, 5.41) is 14.2. The molecule has 1 unspecified atom stereocenters. The summed E-state index contributed by atoms with van der Waals surface area (Å²) < 4.78 is 38.3. The molecule has 1 aliphatic heterocycles. The van der Waals surface area contributed by atoms with Crippen LogP contribution >= 0.6 is 0 Å². The van der Waals surface area contributed by atoms with Crippen molar-refractivity contribution in [3.05, 3.63) is 29.3 Å². The third-order valence-corrected chi connectivity index (χ3v) is 3.08. The Bertz CT molecular complexity index is 563. The summed E-state index contributed by atoms with van der Waals surface area (Å²) in [5.74, 6) is -0.0485. The van der Waals surface area contributed by atoms with Crippen LogP contribution in [0.5, 0.6) is 0 Å². The zero-order valence-corrected chi connectivity index (χ0v) is 10.4. The minimum absolute atomic E-state index is 0.0485. The maximum atomic E-state index is 12.8. The highest BCUT2D eigenvalue weighted by atomic mass is 19.4. The van der Waals surface area contributed by atoms with Gasteiger partial charge in [0.25, 0.3) is 0 Å². The number of nitrogens with zero attached hydrogens (tertiary/aromatic N) is 1. The predicted molar refractivity (Wildman–Crippen MR) is 65.8 cm³/mol. The molecule has 0 bridgehead atoms. The molecule has 0 saturated carbocycles. The summed E-state index contributed by atoms with van der Waals surface area (Å²) in [6.07, 6.45) is -3.47. The Labute approximate surface area is 113 Å². The van der Waals surface area contributed by atoms with Crippen molar-refractivity contribution < 1.29 is 18.0 Å². The number of nitriles is 1. The molecule has 0 aliphatic carbocycles. The topological polar surface area (TPSA) is 64.9 Å². The Balaban J connectivity index is 2.09. The van der Waals surface area contributed by atoms with Crippen LogP contribution in [0.15, 0.2) is 18.2 Å². The van der Waals surface area contributed by atoms with Crippen molar-refractivity contribution in [2.45, 2.75) is 25.1 Å². The molecule has 1 aromatic carbocycles. The molecule has 1 aromatic rings. The van der Waals surface area contributed by atoms with Gasteiger partial charge in [0, 0.05) is 24.7 Å². The van der Waals surface area contributed by atoms with Gasteiger partial charge in [0.2, 0.25) is 5.91 Å². The molecule has 0 radical (unpaired) electrons. The van der Waals surface area contributed by atoms with Crippen LogP contribution in [0.25, 0.3) is 0 Å². The van der Waals surface area contributed by atoms with E-state index in [-0.39, 0.29) is 17.6 Å². The first-order valence-electron chi connectivity index (χ1n) is 6.04. The highest BCUT2D eigenvalue weighted by molar-refractivity contribution is 5.78. The smallest absolute Gasteiger partial charge is 0.383 e. The van der Waals surface area contributed by atoms with E-state index in [1.54, 1.807) is 0 Å². The summed E-state index contributed by atoms with van der Waals surface area (Å²) >= 11 is 0. The fraction of sp³-hybridized carbons (Fsp3) is 0.385. The number of anilines is 1. The van der Waals surface area contributed by atoms with Crippen molar-refractivity contribution in [1.82, 2.24) is 5.32 Å². The van der Waals surface area contributed by atoms with E-state index in [1.165, 1.54) is 12.1 Å². The minimum Gasteiger partial charge on any atom is -0.383 e. The van der Waals surface area contributed by atoms with Crippen LogP contribution < -0.4 is 10.6 Å². The molecule has 2 rings (SSSR count). The number of carbonyl (C=O) groups excluding carboxylic acids is 1. The standard InChI is InChI=1S/C13H12F3N3O/c14-13(15,16)11-5-9(2-1-8(11)6-17)18-7-10-3-4-12(20)19-10/h1-2,5,10,18H,3-4,7H2,(H,19,20). The van der Waals surface area contributed by atoms with Crippen LogP contribution in [0, 0.1) is 11.3 Å². The van der Waals surface area contributed by atoms with Gasteiger partial charge < -0.3 is 10.6 Å². The average Bonchev–Trinajstić information content (AvgIpc) is 2.81. The van der Waals surface area contributed by atoms with Crippen LogP contribution in [0.2, 0.25) is 0 Å². The lowest BCUT2D eigenvalue weighted by Gasteiger charge is -2.15. The van der Waals surface area contributed by atoms with Gasteiger partial charge in [0.1, 0.15) is 0 Å². The van der Waals surface area contributed by atoms with E-state index >= 15 is 0 Å². The van der Waals surface area contributed by atoms with E-state index in [4.69, 9.17) is 5.26 Å². The van der Waals surface area contributed by atoms with E-state index in [1.807, 2.05) is 0 Å². The molecule has 1 fully saturated rings. The molecular weight excluding hydrogens is 271 g/mol. The number of hydrogen-bond acceptors (Lipinski definition) is 3. The van der Waals surface area contributed by atoms with Gasteiger partial charge in [-0.15, -0.1) is 0 Å². The number of carbonyl (C=O) groups is 1. The van der Waals surface area contributed by atoms with Crippen molar-refractivity contribution in [2.24, 2.45) is 0 Å². The lowest BCUT2D eigenvalue weighted by molar-refractivity contribution is -0.137. The minimum atomic E-state index is -4.57. The van der Waals surface area contributed by atoms with Crippen LogP contribution in [0.3, 0.4) is 0 Å². The van der Waals surface area contributed by atoms with Gasteiger partial charge in [-0.25, -0.2) is 0 Å². The summed E-state index contributed by atoms with van der Waals surface area (Å²) in [7, 11) is 0.